The Morgan fingerprint density at radius 3 is 2.36 bits per heavy atom. The van der Waals surface area contributed by atoms with Crippen molar-refractivity contribution < 1.29 is 4.74 Å². The topological polar surface area (TPSA) is 36.3 Å². The fraction of sp³-hybridized carbons (Fsp3) is 0.545. The molecular formula is C11H20N2O. The van der Waals surface area contributed by atoms with Gasteiger partial charge in [0, 0.05) is 13.1 Å². The van der Waals surface area contributed by atoms with Gasteiger partial charge < -0.3 is 9.64 Å². The zero-order valence-electron chi connectivity index (χ0n) is 8.96. The lowest BCUT2D eigenvalue weighted by atomic mass is 10.4. The highest BCUT2D eigenvalue weighted by molar-refractivity contribution is 5.70. The Morgan fingerprint density at radius 2 is 1.93 bits per heavy atom. The first-order valence-electron chi connectivity index (χ1n) is 4.94. The Morgan fingerprint density at radius 1 is 1.36 bits per heavy atom. The first-order valence-corrected chi connectivity index (χ1v) is 4.94. The largest absolute Gasteiger partial charge is 0.465 e. The number of hydrogen-bond acceptors (Lipinski definition) is 2. The van der Waals surface area contributed by atoms with Crippen LogP contribution in [0.4, 0.5) is 0 Å². The van der Waals surface area contributed by atoms with E-state index in [2.05, 4.69) is 20.1 Å². The van der Waals surface area contributed by atoms with E-state index in [0.29, 0.717) is 19.7 Å². The molecule has 3 nitrogen and oxygen atoms in total. The summed E-state index contributed by atoms with van der Waals surface area (Å²) in [6, 6.07) is 0.207. The SMILES string of the molecule is C=CCN(CC=C)C(=N)OCCCC. The number of hydrogen-bond donors (Lipinski definition) is 1. The van der Waals surface area contributed by atoms with Crippen molar-refractivity contribution in [2.45, 2.75) is 19.8 Å². The molecule has 0 spiro atoms. The first-order chi connectivity index (χ1) is 6.76. The Labute approximate surface area is 86.6 Å². The van der Waals surface area contributed by atoms with Crippen LogP contribution in [0.15, 0.2) is 25.3 Å². The molecule has 1 N–H and O–H groups in total. The third-order valence-corrected chi connectivity index (χ3v) is 1.72. The predicted molar refractivity (Wildman–Crippen MR) is 60.6 cm³/mol. The minimum absolute atomic E-state index is 0.207. The molecular weight excluding hydrogens is 176 g/mol. The second kappa shape index (κ2) is 8.35. The van der Waals surface area contributed by atoms with Crippen molar-refractivity contribution in [1.29, 1.82) is 5.41 Å². The van der Waals surface area contributed by atoms with Crippen LogP contribution in [0.1, 0.15) is 19.8 Å². The van der Waals surface area contributed by atoms with Crippen LogP contribution in [0, 0.1) is 5.41 Å². The standard InChI is InChI=1S/C11H20N2O/c1-4-7-10-14-11(12)13(8-5-2)9-6-3/h5-6,12H,2-4,7-10H2,1H3. The minimum atomic E-state index is 0.207. The van der Waals surface area contributed by atoms with E-state index in [4.69, 9.17) is 10.1 Å². The summed E-state index contributed by atoms with van der Waals surface area (Å²) in [6.45, 7) is 11.2. The average molecular weight is 196 g/mol. The lowest BCUT2D eigenvalue weighted by molar-refractivity contribution is 0.236. The van der Waals surface area contributed by atoms with E-state index in [1.54, 1.807) is 17.1 Å². The van der Waals surface area contributed by atoms with Crippen LogP contribution >= 0.6 is 0 Å². The summed E-state index contributed by atoms with van der Waals surface area (Å²) in [5, 5.41) is 7.64. The zero-order valence-corrected chi connectivity index (χ0v) is 8.96. The van der Waals surface area contributed by atoms with E-state index < -0.39 is 0 Å². The van der Waals surface area contributed by atoms with Crippen molar-refractivity contribution in [3.63, 3.8) is 0 Å². The summed E-state index contributed by atoms with van der Waals surface area (Å²) in [6.07, 6.45) is 5.57. The summed E-state index contributed by atoms with van der Waals surface area (Å²) in [7, 11) is 0. The van der Waals surface area contributed by atoms with Crippen molar-refractivity contribution in [2.24, 2.45) is 0 Å². The van der Waals surface area contributed by atoms with Gasteiger partial charge in [-0.3, -0.25) is 5.41 Å². The highest BCUT2D eigenvalue weighted by Crippen LogP contribution is 1.96. The summed E-state index contributed by atoms with van der Waals surface area (Å²) in [5.74, 6) is 0. The number of unbranched alkanes of at least 4 members (excludes halogenated alkanes) is 1. The summed E-state index contributed by atoms with van der Waals surface area (Å²) < 4.78 is 5.26. The molecule has 14 heavy (non-hydrogen) atoms. The summed E-state index contributed by atoms with van der Waals surface area (Å²) >= 11 is 0. The Balaban J connectivity index is 3.87. The normalized spacial score (nSPS) is 9.21. The zero-order chi connectivity index (χ0) is 10.8. The van der Waals surface area contributed by atoms with Gasteiger partial charge in [0.2, 0.25) is 0 Å². The van der Waals surface area contributed by atoms with Gasteiger partial charge in [-0.15, -0.1) is 13.2 Å². The molecule has 0 radical (unpaired) electrons. The van der Waals surface area contributed by atoms with Crippen molar-refractivity contribution in [1.82, 2.24) is 4.90 Å². The van der Waals surface area contributed by atoms with Gasteiger partial charge in [0.1, 0.15) is 0 Å². The van der Waals surface area contributed by atoms with Gasteiger partial charge in [0.15, 0.2) is 0 Å². The number of nitrogens with one attached hydrogen (secondary N) is 1. The van der Waals surface area contributed by atoms with Gasteiger partial charge >= 0.3 is 0 Å². The number of rotatable bonds is 7. The number of amidine groups is 1. The van der Waals surface area contributed by atoms with Crippen molar-refractivity contribution in [3.05, 3.63) is 25.3 Å². The fourth-order valence-corrected chi connectivity index (χ4v) is 0.956. The van der Waals surface area contributed by atoms with Crippen LogP contribution in [-0.4, -0.2) is 30.6 Å². The third kappa shape index (κ3) is 5.41. The fourth-order valence-electron chi connectivity index (χ4n) is 0.956. The van der Waals surface area contributed by atoms with Gasteiger partial charge in [0.25, 0.3) is 6.02 Å². The maximum absolute atomic E-state index is 7.64. The van der Waals surface area contributed by atoms with Gasteiger partial charge in [0.05, 0.1) is 6.61 Å². The molecule has 80 valence electrons. The van der Waals surface area contributed by atoms with Gasteiger partial charge in [-0.1, -0.05) is 25.5 Å². The lowest BCUT2D eigenvalue weighted by Crippen LogP contribution is -2.32. The molecule has 0 bridgehead atoms. The van der Waals surface area contributed by atoms with Gasteiger partial charge in [-0.05, 0) is 6.42 Å². The van der Waals surface area contributed by atoms with Gasteiger partial charge in [-0.2, -0.15) is 0 Å². The number of ether oxygens (including phenoxy) is 1. The van der Waals surface area contributed by atoms with Crippen molar-refractivity contribution in [2.75, 3.05) is 19.7 Å². The van der Waals surface area contributed by atoms with E-state index in [0.717, 1.165) is 12.8 Å². The summed E-state index contributed by atoms with van der Waals surface area (Å²) in [5.41, 5.74) is 0. The lowest BCUT2D eigenvalue weighted by Gasteiger charge is -2.21. The minimum Gasteiger partial charge on any atom is -0.465 e. The molecule has 0 fully saturated rings. The molecule has 0 amide bonds. The van der Waals surface area contributed by atoms with Crippen LogP contribution in [0.2, 0.25) is 0 Å². The smallest absolute Gasteiger partial charge is 0.284 e. The van der Waals surface area contributed by atoms with Gasteiger partial charge in [-0.25, -0.2) is 0 Å². The molecule has 0 rings (SSSR count). The molecule has 0 saturated carbocycles. The molecule has 0 unspecified atom stereocenters. The second-order valence-corrected chi connectivity index (χ2v) is 2.99. The molecule has 0 aliphatic heterocycles. The Kier molecular flexibility index (Phi) is 7.61. The second-order valence-electron chi connectivity index (χ2n) is 2.99. The van der Waals surface area contributed by atoms with E-state index in [1.807, 2.05) is 0 Å². The predicted octanol–water partition coefficient (Wildman–Crippen LogP) is 2.41. The maximum Gasteiger partial charge on any atom is 0.284 e. The highest BCUT2D eigenvalue weighted by Gasteiger charge is 2.06. The van der Waals surface area contributed by atoms with Crippen LogP contribution < -0.4 is 0 Å². The van der Waals surface area contributed by atoms with E-state index >= 15 is 0 Å². The van der Waals surface area contributed by atoms with E-state index in [1.165, 1.54) is 0 Å². The Bertz CT molecular complexity index is 180. The monoisotopic (exact) mass is 196 g/mol. The van der Waals surface area contributed by atoms with Crippen molar-refractivity contribution in [3.8, 4) is 0 Å². The van der Waals surface area contributed by atoms with E-state index in [9.17, 15) is 0 Å². The average Bonchev–Trinajstić information content (AvgIpc) is 2.18. The molecule has 0 heterocycles. The molecule has 0 aromatic rings. The molecule has 3 heteroatoms. The maximum atomic E-state index is 7.64. The Hall–Kier alpha value is -1.25. The molecule has 0 aromatic carbocycles. The molecule has 0 atom stereocenters. The molecule has 0 aromatic heterocycles. The molecule has 0 aliphatic carbocycles. The van der Waals surface area contributed by atoms with E-state index in [-0.39, 0.29) is 6.02 Å². The molecule has 0 aliphatic rings. The summed E-state index contributed by atoms with van der Waals surface area (Å²) in [4.78, 5) is 1.77. The quantitative estimate of drug-likeness (QED) is 0.294. The highest BCUT2D eigenvalue weighted by atomic mass is 16.5. The van der Waals surface area contributed by atoms with Crippen LogP contribution in [0.25, 0.3) is 0 Å². The van der Waals surface area contributed by atoms with Crippen LogP contribution in [-0.2, 0) is 4.74 Å². The first kappa shape index (κ1) is 12.8. The van der Waals surface area contributed by atoms with Crippen molar-refractivity contribution >= 4 is 6.02 Å². The van der Waals surface area contributed by atoms with Crippen LogP contribution in [0.5, 0.6) is 0 Å². The molecule has 0 saturated heterocycles. The third-order valence-electron chi connectivity index (χ3n) is 1.72. The van der Waals surface area contributed by atoms with Crippen LogP contribution in [0.3, 0.4) is 0 Å². The number of nitrogens with zero attached hydrogens (tertiary/aromatic N) is 1.